The van der Waals surface area contributed by atoms with Crippen LogP contribution in [0.3, 0.4) is 0 Å². The maximum atomic E-state index is 8.70. The van der Waals surface area contributed by atoms with E-state index < -0.39 is 0 Å². The van der Waals surface area contributed by atoms with Gasteiger partial charge < -0.3 is 0 Å². The summed E-state index contributed by atoms with van der Waals surface area (Å²) in [6.45, 7) is 2.25. The fourth-order valence-electron chi connectivity index (χ4n) is 1.93. The number of rotatable bonds is 8. The van der Waals surface area contributed by atoms with Gasteiger partial charge in [0, 0.05) is 0 Å². The maximum absolute atomic E-state index is 8.70. The van der Waals surface area contributed by atoms with Crippen molar-refractivity contribution in [3.63, 3.8) is 0 Å². The zero-order valence-corrected chi connectivity index (χ0v) is 11.4. The summed E-state index contributed by atoms with van der Waals surface area (Å²) >= 11 is 0. The summed E-state index contributed by atoms with van der Waals surface area (Å²) in [6, 6.07) is 9.85. The Labute approximate surface area is 111 Å². The van der Waals surface area contributed by atoms with Gasteiger partial charge in [0.1, 0.15) is 0 Å². The van der Waals surface area contributed by atoms with E-state index in [9.17, 15) is 0 Å². The summed E-state index contributed by atoms with van der Waals surface area (Å²) in [6.07, 6.45) is 13.6. The third-order valence-electron chi connectivity index (χ3n) is 3.07. The molecule has 0 atom stereocenters. The number of nitrogens with zero attached hydrogens (tertiary/aromatic N) is 1. The van der Waals surface area contributed by atoms with Crippen LogP contribution in [-0.4, -0.2) is 0 Å². The molecule has 0 saturated carbocycles. The van der Waals surface area contributed by atoms with Crippen molar-refractivity contribution in [2.75, 3.05) is 0 Å². The van der Waals surface area contributed by atoms with Crippen LogP contribution >= 0.6 is 0 Å². The van der Waals surface area contributed by atoms with Crippen LogP contribution in [0.15, 0.2) is 30.3 Å². The number of benzene rings is 1. The smallest absolute Gasteiger partial charge is 0.0991 e. The molecule has 0 heterocycles. The largest absolute Gasteiger partial charge is 0.192 e. The van der Waals surface area contributed by atoms with E-state index in [1.807, 2.05) is 24.3 Å². The van der Waals surface area contributed by atoms with Gasteiger partial charge in [-0.15, -0.1) is 0 Å². The fraction of sp³-hybridized carbons (Fsp3) is 0.471. The van der Waals surface area contributed by atoms with Crippen molar-refractivity contribution in [1.29, 1.82) is 5.26 Å². The lowest BCUT2D eigenvalue weighted by molar-refractivity contribution is 0.611. The standard InChI is InChI=1S/C17H23N/c1-2-3-4-5-6-7-8-9-10-16-11-13-17(15-18)14-12-16/h9-14H,2-8H2,1H3. The summed E-state index contributed by atoms with van der Waals surface area (Å²) < 4.78 is 0. The van der Waals surface area contributed by atoms with Crippen molar-refractivity contribution >= 4 is 6.08 Å². The van der Waals surface area contributed by atoms with Crippen LogP contribution in [0.4, 0.5) is 0 Å². The second-order valence-electron chi connectivity index (χ2n) is 4.69. The van der Waals surface area contributed by atoms with E-state index in [-0.39, 0.29) is 0 Å². The molecule has 0 saturated heterocycles. The summed E-state index contributed by atoms with van der Waals surface area (Å²) in [5.41, 5.74) is 1.91. The van der Waals surface area contributed by atoms with E-state index in [1.54, 1.807) is 0 Å². The minimum Gasteiger partial charge on any atom is -0.192 e. The lowest BCUT2D eigenvalue weighted by atomic mass is 10.1. The zero-order valence-electron chi connectivity index (χ0n) is 11.4. The van der Waals surface area contributed by atoms with Crippen molar-refractivity contribution in [3.8, 4) is 6.07 Å². The Bertz CT molecular complexity index is 381. The molecule has 1 aromatic carbocycles. The summed E-state index contributed by atoms with van der Waals surface area (Å²) in [4.78, 5) is 0. The van der Waals surface area contributed by atoms with Crippen LogP contribution in [0.2, 0.25) is 0 Å². The van der Waals surface area contributed by atoms with Gasteiger partial charge in [-0.1, -0.05) is 63.3 Å². The molecule has 1 aromatic rings. The molecule has 0 N–H and O–H groups in total. The second kappa shape index (κ2) is 9.48. The van der Waals surface area contributed by atoms with Gasteiger partial charge in [-0.05, 0) is 30.5 Å². The molecule has 0 aliphatic rings. The molecule has 1 rings (SSSR count). The molecule has 0 unspecified atom stereocenters. The molecule has 0 aliphatic heterocycles. The lowest BCUT2D eigenvalue weighted by Crippen LogP contribution is -1.78. The van der Waals surface area contributed by atoms with Gasteiger partial charge in [0.15, 0.2) is 0 Å². The van der Waals surface area contributed by atoms with Crippen molar-refractivity contribution in [2.45, 2.75) is 51.9 Å². The van der Waals surface area contributed by atoms with Crippen LogP contribution in [0.5, 0.6) is 0 Å². The van der Waals surface area contributed by atoms with Crippen LogP contribution in [0.1, 0.15) is 63.0 Å². The van der Waals surface area contributed by atoms with E-state index in [1.165, 1.54) is 44.1 Å². The van der Waals surface area contributed by atoms with Gasteiger partial charge in [-0.2, -0.15) is 5.26 Å². The van der Waals surface area contributed by atoms with Crippen LogP contribution < -0.4 is 0 Å². The first-order chi connectivity index (χ1) is 8.86. The molecular formula is C17H23N. The molecule has 0 bridgehead atoms. The first-order valence-electron chi connectivity index (χ1n) is 7.03. The quantitative estimate of drug-likeness (QED) is 0.565. The van der Waals surface area contributed by atoms with E-state index in [0.29, 0.717) is 0 Å². The Morgan fingerprint density at radius 3 is 2.33 bits per heavy atom. The number of nitriles is 1. The van der Waals surface area contributed by atoms with Crippen LogP contribution in [0, 0.1) is 11.3 Å². The summed E-state index contributed by atoms with van der Waals surface area (Å²) in [5.74, 6) is 0. The van der Waals surface area contributed by atoms with Crippen molar-refractivity contribution in [2.24, 2.45) is 0 Å². The average molecular weight is 241 g/mol. The number of unbranched alkanes of at least 4 members (excludes halogenated alkanes) is 6. The van der Waals surface area contributed by atoms with Gasteiger partial charge in [0.25, 0.3) is 0 Å². The van der Waals surface area contributed by atoms with Gasteiger partial charge >= 0.3 is 0 Å². The molecule has 0 aliphatic carbocycles. The first kappa shape index (κ1) is 14.5. The molecule has 1 nitrogen and oxygen atoms in total. The Morgan fingerprint density at radius 1 is 1.00 bits per heavy atom. The molecule has 1 heteroatoms. The van der Waals surface area contributed by atoms with Gasteiger partial charge in [0.2, 0.25) is 0 Å². The molecule has 0 aromatic heterocycles. The predicted molar refractivity (Wildman–Crippen MR) is 78.2 cm³/mol. The fourth-order valence-corrected chi connectivity index (χ4v) is 1.93. The van der Waals surface area contributed by atoms with E-state index in [2.05, 4.69) is 25.1 Å². The monoisotopic (exact) mass is 241 g/mol. The highest BCUT2D eigenvalue weighted by atomic mass is 14.2. The van der Waals surface area contributed by atoms with E-state index in [4.69, 9.17) is 5.26 Å². The Hall–Kier alpha value is -1.55. The van der Waals surface area contributed by atoms with Crippen molar-refractivity contribution in [3.05, 3.63) is 41.5 Å². The third-order valence-corrected chi connectivity index (χ3v) is 3.07. The van der Waals surface area contributed by atoms with Crippen molar-refractivity contribution < 1.29 is 0 Å². The molecule has 0 amide bonds. The molecule has 96 valence electrons. The highest BCUT2D eigenvalue weighted by molar-refractivity contribution is 5.50. The first-order valence-corrected chi connectivity index (χ1v) is 7.03. The Balaban J connectivity index is 2.14. The molecule has 0 radical (unpaired) electrons. The number of allylic oxidation sites excluding steroid dienone is 1. The normalized spacial score (nSPS) is 10.7. The molecule has 18 heavy (non-hydrogen) atoms. The SMILES string of the molecule is CCCCCCCCC=Cc1ccc(C#N)cc1. The number of hydrogen-bond acceptors (Lipinski definition) is 1. The highest BCUT2D eigenvalue weighted by Crippen LogP contribution is 2.09. The van der Waals surface area contributed by atoms with Gasteiger partial charge in [0.05, 0.1) is 11.6 Å². The molecule has 0 fully saturated rings. The van der Waals surface area contributed by atoms with E-state index in [0.717, 1.165) is 12.0 Å². The number of hydrogen-bond donors (Lipinski definition) is 0. The Morgan fingerprint density at radius 2 is 1.67 bits per heavy atom. The predicted octanol–water partition coefficient (Wildman–Crippen LogP) is 5.32. The minimum absolute atomic E-state index is 0.725. The summed E-state index contributed by atoms with van der Waals surface area (Å²) in [5, 5.41) is 8.70. The summed E-state index contributed by atoms with van der Waals surface area (Å²) in [7, 11) is 0. The van der Waals surface area contributed by atoms with Gasteiger partial charge in [-0.3, -0.25) is 0 Å². The maximum Gasteiger partial charge on any atom is 0.0991 e. The highest BCUT2D eigenvalue weighted by Gasteiger charge is 1.90. The van der Waals surface area contributed by atoms with Crippen LogP contribution in [0.25, 0.3) is 6.08 Å². The van der Waals surface area contributed by atoms with Crippen LogP contribution in [-0.2, 0) is 0 Å². The van der Waals surface area contributed by atoms with E-state index >= 15 is 0 Å². The van der Waals surface area contributed by atoms with Crippen molar-refractivity contribution in [1.82, 2.24) is 0 Å². The molecule has 0 spiro atoms. The second-order valence-corrected chi connectivity index (χ2v) is 4.69. The third kappa shape index (κ3) is 6.25. The zero-order chi connectivity index (χ0) is 13.1. The Kier molecular flexibility index (Phi) is 7.64. The molecular weight excluding hydrogens is 218 g/mol. The topological polar surface area (TPSA) is 23.8 Å². The minimum atomic E-state index is 0.725. The lowest BCUT2D eigenvalue weighted by Gasteiger charge is -1.98. The van der Waals surface area contributed by atoms with Gasteiger partial charge in [-0.25, -0.2) is 0 Å². The average Bonchev–Trinajstić information content (AvgIpc) is 2.42.